The maximum atomic E-state index is 10.1. The number of rotatable bonds is 5. The van der Waals surface area contributed by atoms with Crippen LogP contribution in [0.4, 0.5) is 0 Å². The Hall–Kier alpha value is -0.940. The summed E-state index contributed by atoms with van der Waals surface area (Å²) in [5.74, 6) is 1.72. The molecule has 0 atom stereocenters. The van der Waals surface area contributed by atoms with Gasteiger partial charge in [-0.3, -0.25) is 4.90 Å². The summed E-state index contributed by atoms with van der Waals surface area (Å²) in [5.41, 5.74) is -0.535. The summed E-state index contributed by atoms with van der Waals surface area (Å²) in [5, 5.41) is 14.0. The van der Waals surface area contributed by atoms with Crippen LogP contribution in [0, 0.1) is 5.92 Å². The van der Waals surface area contributed by atoms with E-state index in [9.17, 15) is 5.11 Å². The van der Waals surface area contributed by atoms with Crippen molar-refractivity contribution in [3.05, 3.63) is 11.7 Å². The first-order chi connectivity index (χ1) is 8.03. The highest BCUT2D eigenvalue weighted by molar-refractivity contribution is 4.99. The second-order valence-electron chi connectivity index (χ2n) is 5.26. The minimum absolute atomic E-state index is 0.289. The van der Waals surface area contributed by atoms with E-state index >= 15 is 0 Å². The van der Waals surface area contributed by atoms with Gasteiger partial charge in [0, 0.05) is 19.5 Å². The van der Waals surface area contributed by atoms with Crippen molar-refractivity contribution in [3.63, 3.8) is 0 Å². The molecule has 1 aliphatic rings. The van der Waals surface area contributed by atoms with Crippen molar-refractivity contribution in [3.8, 4) is 0 Å². The first-order valence-electron chi connectivity index (χ1n) is 6.29. The Morgan fingerprint density at radius 2 is 2.18 bits per heavy atom. The van der Waals surface area contributed by atoms with Gasteiger partial charge in [0.25, 0.3) is 0 Å². The zero-order valence-electron chi connectivity index (χ0n) is 10.8. The van der Waals surface area contributed by atoms with Crippen molar-refractivity contribution in [1.82, 2.24) is 15.0 Å². The summed E-state index contributed by atoms with van der Waals surface area (Å²) < 4.78 is 5.17. The number of hydrogen-bond acceptors (Lipinski definition) is 5. The topological polar surface area (TPSA) is 62.4 Å². The SMILES string of the molecule is CCCc1noc(CN2CC(O)(C(C)C)C2)n1. The number of nitrogens with zero attached hydrogens (tertiary/aromatic N) is 3. The number of aryl methyl sites for hydroxylation is 1. The molecule has 0 radical (unpaired) electrons. The molecule has 5 heteroatoms. The van der Waals surface area contributed by atoms with Gasteiger partial charge in [-0.1, -0.05) is 25.9 Å². The normalized spacial score (nSPS) is 19.6. The quantitative estimate of drug-likeness (QED) is 0.837. The summed E-state index contributed by atoms with van der Waals surface area (Å²) in [4.78, 5) is 6.44. The van der Waals surface area contributed by atoms with E-state index in [4.69, 9.17) is 4.52 Å². The maximum absolute atomic E-state index is 10.1. The van der Waals surface area contributed by atoms with Gasteiger partial charge in [-0.25, -0.2) is 0 Å². The molecule has 0 bridgehead atoms. The number of β-amino-alcohol motifs (C(OH)–C–C–N with tert-alkyl or cyclic N) is 1. The van der Waals surface area contributed by atoms with E-state index in [0.717, 1.165) is 18.7 Å². The lowest BCUT2D eigenvalue weighted by atomic mass is 9.83. The lowest BCUT2D eigenvalue weighted by Gasteiger charge is -2.48. The molecule has 1 aromatic rings. The van der Waals surface area contributed by atoms with Crippen LogP contribution in [-0.2, 0) is 13.0 Å². The van der Waals surface area contributed by atoms with E-state index in [2.05, 4.69) is 22.0 Å². The van der Waals surface area contributed by atoms with Crippen LogP contribution < -0.4 is 0 Å². The van der Waals surface area contributed by atoms with Gasteiger partial charge >= 0.3 is 0 Å². The Kier molecular flexibility index (Phi) is 3.49. The van der Waals surface area contributed by atoms with Crippen LogP contribution in [0.25, 0.3) is 0 Å². The molecule has 1 fully saturated rings. The maximum Gasteiger partial charge on any atom is 0.240 e. The van der Waals surface area contributed by atoms with Crippen LogP contribution in [0.2, 0.25) is 0 Å². The monoisotopic (exact) mass is 239 g/mol. The van der Waals surface area contributed by atoms with Gasteiger partial charge in [0.2, 0.25) is 5.89 Å². The lowest BCUT2D eigenvalue weighted by molar-refractivity contribution is -0.133. The molecule has 1 aromatic heterocycles. The molecule has 0 aliphatic carbocycles. The van der Waals surface area contributed by atoms with Crippen molar-refractivity contribution in [2.45, 2.75) is 45.8 Å². The Labute approximate surface area is 102 Å². The molecule has 96 valence electrons. The summed E-state index contributed by atoms with van der Waals surface area (Å²) in [7, 11) is 0. The van der Waals surface area contributed by atoms with Crippen LogP contribution in [0.1, 0.15) is 38.9 Å². The second kappa shape index (κ2) is 4.74. The van der Waals surface area contributed by atoms with Crippen LogP contribution in [-0.4, -0.2) is 38.8 Å². The molecule has 1 aliphatic heterocycles. The van der Waals surface area contributed by atoms with Crippen molar-refractivity contribution in [1.29, 1.82) is 0 Å². The highest BCUT2D eigenvalue weighted by Gasteiger charge is 2.43. The van der Waals surface area contributed by atoms with E-state index in [-0.39, 0.29) is 5.92 Å². The van der Waals surface area contributed by atoms with Crippen LogP contribution in [0.15, 0.2) is 4.52 Å². The van der Waals surface area contributed by atoms with Crippen LogP contribution >= 0.6 is 0 Å². The molecule has 2 heterocycles. The van der Waals surface area contributed by atoms with Gasteiger partial charge in [-0.05, 0) is 12.3 Å². The second-order valence-corrected chi connectivity index (χ2v) is 5.26. The molecule has 0 saturated carbocycles. The third-order valence-corrected chi connectivity index (χ3v) is 3.41. The number of hydrogen-bond donors (Lipinski definition) is 1. The Morgan fingerprint density at radius 1 is 1.47 bits per heavy atom. The van der Waals surface area contributed by atoms with Crippen molar-refractivity contribution in [2.75, 3.05) is 13.1 Å². The summed E-state index contributed by atoms with van der Waals surface area (Å²) in [6.07, 6.45) is 1.88. The molecular weight excluding hydrogens is 218 g/mol. The molecule has 5 nitrogen and oxygen atoms in total. The Balaban J connectivity index is 1.83. The minimum atomic E-state index is -0.535. The molecule has 0 aromatic carbocycles. The smallest absolute Gasteiger partial charge is 0.240 e. The third kappa shape index (κ3) is 2.66. The van der Waals surface area contributed by atoms with Crippen molar-refractivity contribution < 1.29 is 9.63 Å². The minimum Gasteiger partial charge on any atom is -0.387 e. The third-order valence-electron chi connectivity index (χ3n) is 3.41. The Bertz CT molecular complexity index is 370. The van der Waals surface area contributed by atoms with Gasteiger partial charge < -0.3 is 9.63 Å². The van der Waals surface area contributed by atoms with Gasteiger partial charge in [0.15, 0.2) is 5.82 Å². The fourth-order valence-electron chi connectivity index (χ4n) is 2.08. The highest BCUT2D eigenvalue weighted by atomic mass is 16.5. The summed E-state index contributed by atoms with van der Waals surface area (Å²) in [6, 6.07) is 0. The largest absolute Gasteiger partial charge is 0.387 e. The Morgan fingerprint density at radius 3 is 2.76 bits per heavy atom. The average Bonchev–Trinajstić information content (AvgIpc) is 2.63. The standard InChI is InChI=1S/C12H21N3O2/c1-4-5-10-13-11(17-14-10)6-15-7-12(16,8-15)9(2)3/h9,16H,4-8H2,1-3H3. The summed E-state index contributed by atoms with van der Waals surface area (Å²) >= 11 is 0. The van der Waals surface area contributed by atoms with E-state index in [1.165, 1.54) is 0 Å². The molecular formula is C12H21N3O2. The zero-order chi connectivity index (χ0) is 12.5. The first kappa shape index (κ1) is 12.5. The van der Waals surface area contributed by atoms with Crippen molar-refractivity contribution >= 4 is 0 Å². The van der Waals surface area contributed by atoms with Crippen LogP contribution in [0.5, 0.6) is 0 Å². The predicted octanol–water partition coefficient (Wildman–Crippen LogP) is 1.22. The molecule has 2 rings (SSSR count). The predicted molar refractivity (Wildman–Crippen MR) is 63.4 cm³/mol. The first-order valence-corrected chi connectivity index (χ1v) is 6.29. The van der Waals surface area contributed by atoms with Crippen molar-refractivity contribution in [2.24, 2.45) is 5.92 Å². The molecule has 1 N–H and O–H groups in total. The van der Waals surface area contributed by atoms with E-state index in [0.29, 0.717) is 25.5 Å². The van der Waals surface area contributed by atoms with Gasteiger partial charge in [-0.2, -0.15) is 4.98 Å². The van der Waals surface area contributed by atoms with Gasteiger partial charge in [0.1, 0.15) is 0 Å². The van der Waals surface area contributed by atoms with Gasteiger partial charge in [-0.15, -0.1) is 0 Å². The van der Waals surface area contributed by atoms with E-state index in [1.807, 2.05) is 13.8 Å². The van der Waals surface area contributed by atoms with Crippen LogP contribution in [0.3, 0.4) is 0 Å². The fraction of sp³-hybridized carbons (Fsp3) is 0.833. The molecule has 17 heavy (non-hydrogen) atoms. The van der Waals surface area contributed by atoms with Gasteiger partial charge in [0.05, 0.1) is 12.1 Å². The molecule has 1 saturated heterocycles. The number of aromatic nitrogens is 2. The number of aliphatic hydroxyl groups is 1. The lowest BCUT2D eigenvalue weighted by Crippen LogP contribution is -2.63. The highest BCUT2D eigenvalue weighted by Crippen LogP contribution is 2.29. The van der Waals surface area contributed by atoms with E-state index < -0.39 is 5.60 Å². The zero-order valence-corrected chi connectivity index (χ0v) is 10.8. The fourth-order valence-corrected chi connectivity index (χ4v) is 2.08. The molecule has 0 unspecified atom stereocenters. The molecule has 0 spiro atoms. The summed E-state index contributed by atoms with van der Waals surface area (Å²) in [6.45, 7) is 8.21. The number of likely N-dealkylation sites (tertiary alicyclic amines) is 1. The molecule has 0 amide bonds. The van der Waals surface area contributed by atoms with E-state index in [1.54, 1.807) is 0 Å². The average molecular weight is 239 g/mol.